The van der Waals surface area contributed by atoms with Crippen LogP contribution in [0, 0.1) is 0 Å². The van der Waals surface area contributed by atoms with E-state index in [1.807, 2.05) is 39.9 Å². The predicted octanol–water partition coefficient (Wildman–Crippen LogP) is 4.62. The normalized spacial score (nSPS) is 19.6. The zero-order valence-corrected chi connectivity index (χ0v) is 18.3. The molecule has 1 atom stereocenters. The van der Waals surface area contributed by atoms with Crippen LogP contribution in [0.3, 0.4) is 0 Å². The molecule has 0 spiro atoms. The van der Waals surface area contributed by atoms with Crippen molar-refractivity contribution in [3.05, 3.63) is 82.6 Å². The molecule has 0 saturated carbocycles. The maximum Gasteiger partial charge on any atom is 0.257 e. The highest BCUT2D eigenvalue weighted by Gasteiger charge is 2.33. The molecule has 31 heavy (non-hydrogen) atoms. The first-order valence-electron chi connectivity index (χ1n) is 11.1. The molecule has 160 valence electrons. The number of benzene rings is 2. The van der Waals surface area contributed by atoms with Crippen LogP contribution < -0.4 is 5.32 Å². The molecule has 1 amide bonds. The van der Waals surface area contributed by atoms with Crippen LogP contribution in [0.25, 0.3) is 5.69 Å². The van der Waals surface area contributed by atoms with Gasteiger partial charge in [-0.3, -0.25) is 4.79 Å². The van der Waals surface area contributed by atoms with E-state index in [4.69, 9.17) is 11.6 Å². The molecule has 5 nitrogen and oxygen atoms in total. The lowest BCUT2D eigenvalue weighted by atomic mass is 9.91. The number of hydrogen-bond donors (Lipinski definition) is 1. The molecule has 0 radical (unpaired) electrons. The van der Waals surface area contributed by atoms with E-state index >= 15 is 0 Å². The van der Waals surface area contributed by atoms with Gasteiger partial charge in [0.2, 0.25) is 0 Å². The molecule has 0 unspecified atom stereocenters. The van der Waals surface area contributed by atoms with Crippen molar-refractivity contribution in [1.29, 1.82) is 0 Å². The number of carbonyl (C=O) groups excluding carboxylic acids is 1. The smallest absolute Gasteiger partial charge is 0.257 e. The fourth-order valence-corrected chi connectivity index (χ4v) is 5.04. The van der Waals surface area contributed by atoms with E-state index in [9.17, 15) is 4.79 Å². The van der Waals surface area contributed by atoms with Crippen LogP contribution in [0.1, 0.15) is 52.7 Å². The van der Waals surface area contributed by atoms with Crippen molar-refractivity contribution in [2.75, 3.05) is 26.2 Å². The van der Waals surface area contributed by atoms with Crippen molar-refractivity contribution < 1.29 is 4.79 Å². The van der Waals surface area contributed by atoms with E-state index in [0.29, 0.717) is 16.9 Å². The Morgan fingerprint density at radius 1 is 0.968 bits per heavy atom. The lowest BCUT2D eigenvalue weighted by molar-refractivity contribution is 0.0788. The van der Waals surface area contributed by atoms with Gasteiger partial charge >= 0.3 is 0 Å². The summed E-state index contributed by atoms with van der Waals surface area (Å²) in [5.74, 6) is 0.817. The van der Waals surface area contributed by atoms with Crippen molar-refractivity contribution in [3.63, 3.8) is 0 Å². The van der Waals surface area contributed by atoms with Gasteiger partial charge in [-0.25, -0.2) is 4.68 Å². The fourth-order valence-electron chi connectivity index (χ4n) is 4.91. The van der Waals surface area contributed by atoms with E-state index in [-0.39, 0.29) is 5.91 Å². The summed E-state index contributed by atoms with van der Waals surface area (Å²) in [5, 5.41) is 8.79. The summed E-state index contributed by atoms with van der Waals surface area (Å²) in [4.78, 5) is 15.6. The highest BCUT2D eigenvalue weighted by Crippen LogP contribution is 2.33. The molecule has 2 aliphatic rings. The van der Waals surface area contributed by atoms with Crippen molar-refractivity contribution in [3.8, 4) is 5.69 Å². The minimum absolute atomic E-state index is 0.104. The molecule has 2 aromatic carbocycles. The lowest BCUT2D eigenvalue weighted by Crippen LogP contribution is -2.32. The first-order valence-corrected chi connectivity index (χ1v) is 11.5. The van der Waals surface area contributed by atoms with Gasteiger partial charge in [0.05, 0.1) is 23.1 Å². The Bertz CT molecular complexity index is 1040. The second kappa shape index (κ2) is 8.85. The van der Waals surface area contributed by atoms with Gasteiger partial charge in [-0.05, 0) is 62.2 Å². The van der Waals surface area contributed by atoms with Crippen LogP contribution in [0.5, 0.6) is 0 Å². The predicted molar refractivity (Wildman–Crippen MR) is 123 cm³/mol. The SMILES string of the molecule is O=C(c1cnn(-c2ccc(Cl)cc2)c1C1CCNCC1)N1CC[C@@H](c2ccccc2)C1. The monoisotopic (exact) mass is 434 g/mol. The van der Waals surface area contributed by atoms with Gasteiger partial charge in [-0.15, -0.1) is 0 Å². The Hall–Kier alpha value is -2.63. The molecule has 2 aliphatic heterocycles. The van der Waals surface area contributed by atoms with E-state index in [1.165, 1.54) is 5.56 Å². The largest absolute Gasteiger partial charge is 0.338 e. The minimum atomic E-state index is 0.104. The first kappa shape index (κ1) is 20.3. The molecule has 1 N–H and O–H groups in total. The number of likely N-dealkylation sites (tertiary alicyclic amines) is 1. The number of aromatic nitrogens is 2. The number of halogens is 1. The molecule has 0 bridgehead atoms. The van der Waals surface area contributed by atoms with Gasteiger partial charge in [0.25, 0.3) is 5.91 Å². The number of hydrogen-bond acceptors (Lipinski definition) is 3. The zero-order chi connectivity index (χ0) is 21.2. The Labute approximate surface area is 188 Å². The van der Waals surface area contributed by atoms with E-state index in [0.717, 1.165) is 62.4 Å². The molecule has 6 heteroatoms. The first-order chi connectivity index (χ1) is 15.2. The summed E-state index contributed by atoms with van der Waals surface area (Å²) in [6.45, 7) is 3.48. The molecule has 1 aromatic heterocycles. The van der Waals surface area contributed by atoms with Gasteiger partial charge in [0.1, 0.15) is 0 Å². The van der Waals surface area contributed by atoms with Gasteiger partial charge in [0, 0.05) is 29.9 Å². The number of amides is 1. The number of carbonyl (C=O) groups is 1. The van der Waals surface area contributed by atoms with E-state index in [1.54, 1.807) is 6.20 Å². The minimum Gasteiger partial charge on any atom is -0.338 e. The van der Waals surface area contributed by atoms with Crippen LogP contribution in [0.4, 0.5) is 0 Å². The highest BCUT2D eigenvalue weighted by molar-refractivity contribution is 6.30. The third kappa shape index (κ3) is 4.12. The molecule has 0 aliphatic carbocycles. The average Bonchev–Trinajstić information content (AvgIpc) is 3.48. The quantitative estimate of drug-likeness (QED) is 0.651. The molecule has 3 aromatic rings. The van der Waals surface area contributed by atoms with E-state index < -0.39 is 0 Å². The molecule has 2 saturated heterocycles. The van der Waals surface area contributed by atoms with Crippen molar-refractivity contribution in [1.82, 2.24) is 20.0 Å². The highest BCUT2D eigenvalue weighted by atomic mass is 35.5. The second-order valence-corrected chi connectivity index (χ2v) is 8.94. The second-order valence-electron chi connectivity index (χ2n) is 8.50. The summed E-state index contributed by atoms with van der Waals surface area (Å²) < 4.78 is 1.95. The standard InChI is InChI=1S/C25H27ClN4O/c26-21-6-8-22(9-7-21)30-24(19-10-13-27-14-11-19)23(16-28-30)25(31)29-15-12-20(17-29)18-4-2-1-3-5-18/h1-9,16,19-20,27H,10-15,17H2/t20-/m1/s1. The summed E-state index contributed by atoms with van der Waals surface area (Å²) in [6.07, 6.45) is 4.78. The van der Waals surface area contributed by atoms with Gasteiger partial charge in [-0.2, -0.15) is 5.10 Å². The Kier molecular flexibility index (Phi) is 5.79. The summed E-state index contributed by atoms with van der Waals surface area (Å²) in [5.41, 5.74) is 4.04. The van der Waals surface area contributed by atoms with E-state index in [2.05, 4.69) is 34.7 Å². The maximum absolute atomic E-state index is 13.6. The van der Waals surface area contributed by atoms with Gasteiger partial charge in [0.15, 0.2) is 0 Å². The topological polar surface area (TPSA) is 50.2 Å². The number of rotatable bonds is 4. The van der Waals surface area contributed by atoms with Crippen LogP contribution in [-0.4, -0.2) is 46.8 Å². The molecule has 3 heterocycles. The summed E-state index contributed by atoms with van der Waals surface area (Å²) in [7, 11) is 0. The third-order valence-corrected chi connectivity index (χ3v) is 6.83. The molecular formula is C25H27ClN4O. The Balaban J connectivity index is 1.45. The van der Waals surface area contributed by atoms with Crippen LogP contribution in [0.2, 0.25) is 5.02 Å². The van der Waals surface area contributed by atoms with Gasteiger partial charge < -0.3 is 10.2 Å². The Morgan fingerprint density at radius 3 is 2.45 bits per heavy atom. The maximum atomic E-state index is 13.6. The zero-order valence-electron chi connectivity index (χ0n) is 17.5. The fraction of sp³-hybridized carbons (Fsp3) is 0.360. The van der Waals surface area contributed by atoms with Crippen LogP contribution in [-0.2, 0) is 0 Å². The summed E-state index contributed by atoms with van der Waals surface area (Å²) in [6, 6.07) is 18.2. The molecular weight excluding hydrogens is 408 g/mol. The van der Waals surface area contributed by atoms with Crippen molar-refractivity contribution in [2.24, 2.45) is 0 Å². The Morgan fingerprint density at radius 2 is 1.71 bits per heavy atom. The molecule has 5 rings (SSSR count). The van der Waals surface area contributed by atoms with Crippen molar-refractivity contribution in [2.45, 2.75) is 31.1 Å². The van der Waals surface area contributed by atoms with Crippen LogP contribution in [0.15, 0.2) is 60.8 Å². The van der Waals surface area contributed by atoms with Crippen molar-refractivity contribution >= 4 is 17.5 Å². The molecule has 2 fully saturated rings. The van der Waals surface area contributed by atoms with Crippen LogP contribution >= 0.6 is 11.6 Å². The third-order valence-electron chi connectivity index (χ3n) is 6.58. The van der Waals surface area contributed by atoms with Gasteiger partial charge in [-0.1, -0.05) is 41.9 Å². The lowest BCUT2D eigenvalue weighted by Gasteiger charge is -2.26. The number of nitrogens with zero attached hydrogens (tertiary/aromatic N) is 3. The number of piperidine rings is 1. The average molecular weight is 435 g/mol. The number of nitrogens with one attached hydrogen (secondary N) is 1. The summed E-state index contributed by atoms with van der Waals surface area (Å²) >= 11 is 6.09.